The van der Waals surface area contributed by atoms with E-state index >= 15 is 0 Å². The molecule has 2 aliphatic rings. The summed E-state index contributed by atoms with van der Waals surface area (Å²) in [7, 11) is 0. The molecule has 1 fully saturated rings. The molecule has 4 aromatic rings. The Bertz CT molecular complexity index is 1400. The van der Waals surface area contributed by atoms with Crippen molar-refractivity contribution in [3.8, 4) is 17.2 Å². The number of pyridine rings is 1. The minimum absolute atomic E-state index is 0.105. The molecule has 0 saturated heterocycles. The number of carbonyl (C=O) groups is 1. The summed E-state index contributed by atoms with van der Waals surface area (Å²) in [6.07, 6.45) is 11.3. The lowest BCUT2D eigenvalue weighted by atomic mass is 10.0. The van der Waals surface area contributed by atoms with Gasteiger partial charge in [0.05, 0.1) is 23.1 Å². The number of carbonyl (C=O) groups excluding carboxylic acids is 1. The lowest BCUT2D eigenvalue weighted by Gasteiger charge is -2.12. The van der Waals surface area contributed by atoms with Crippen LogP contribution in [0.4, 0.5) is 0 Å². The van der Waals surface area contributed by atoms with Gasteiger partial charge in [-0.25, -0.2) is 14.6 Å². The zero-order valence-corrected chi connectivity index (χ0v) is 19.9. The van der Waals surface area contributed by atoms with Crippen LogP contribution in [0.3, 0.4) is 0 Å². The minimum atomic E-state index is -0.105. The van der Waals surface area contributed by atoms with Crippen molar-refractivity contribution in [2.24, 2.45) is 0 Å². The highest BCUT2D eigenvalue weighted by atomic mass is 16.1. The van der Waals surface area contributed by atoms with Crippen LogP contribution in [-0.2, 0) is 19.3 Å². The maximum atomic E-state index is 13.1. The summed E-state index contributed by atoms with van der Waals surface area (Å²) >= 11 is 0. The van der Waals surface area contributed by atoms with E-state index in [1.54, 1.807) is 17.1 Å². The molecular formula is C28H28N6O. The molecule has 1 aromatic carbocycles. The van der Waals surface area contributed by atoms with Crippen molar-refractivity contribution < 1.29 is 4.79 Å². The number of nitrogens with zero attached hydrogens (tertiary/aromatic N) is 5. The SMILES string of the molecule is Cc1cccnc1CCNC(=O)c1cnn(-c2ncc3c(n2)-c2ccccc2CCC3)c1C1CC1. The van der Waals surface area contributed by atoms with Gasteiger partial charge in [-0.1, -0.05) is 30.3 Å². The van der Waals surface area contributed by atoms with E-state index in [4.69, 9.17) is 4.98 Å². The minimum Gasteiger partial charge on any atom is -0.352 e. The van der Waals surface area contributed by atoms with Gasteiger partial charge in [-0.3, -0.25) is 9.78 Å². The third-order valence-corrected chi connectivity index (χ3v) is 6.99. The Kier molecular flexibility index (Phi) is 5.60. The van der Waals surface area contributed by atoms with E-state index < -0.39 is 0 Å². The van der Waals surface area contributed by atoms with Crippen LogP contribution in [0.1, 0.15) is 63.6 Å². The van der Waals surface area contributed by atoms with E-state index in [9.17, 15) is 4.79 Å². The Morgan fingerprint density at radius 2 is 1.91 bits per heavy atom. The average molecular weight is 465 g/mol. The van der Waals surface area contributed by atoms with E-state index in [0.29, 0.717) is 30.4 Å². The fourth-order valence-corrected chi connectivity index (χ4v) is 4.97. The first-order valence-electron chi connectivity index (χ1n) is 12.4. The van der Waals surface area contributed by atoms with Crippen LogP contribution < -0.4 is 5.32 Å². The molecule has 7 heteroatoms. The van der Waals surface area contributed by atoms with Gasteiger partial charge in [0.15, 0.2) is 0 Å². The molecule has 1 amide bonds. The Hall–Kier alpha value is -3.87. The predicted octanol–water partition coefficient (Wildman–Crippen LogP) is 4.37. The van der Waals surface area contributed by atoms with E-state index in [-0.39, 0.29) is 5.91 Å². The summed E-state index contributed by atoms with van der Waals surface area (Å²) in [5, 5.41) is 7.66. The molecule has 0 radical (unpaired) electrons. The molecule has 3 heterocycles. The highest BCUT2D eigenvalue weighted by molar-refractivity contribution is 5.95. The molecule has 0 bridgehead atoms. The number of hydrogen-bond donors (Lipinski definition) is 1. The number of rotatable bonds is 6. The first-order chi connectivity index (χ1) is 17.2. The largest absolute Gasteiger partial charge is 0.352 e. The van der Waals surface area contributed by atoms with E-state index in [2.05, 4.69) is 44.6 Å². The highest BCUT2D eigenvalue weighted by Gasteiger charge is 2.33. The van der Waals surface area contributed by atoms with Crippen molar-refractivity contribution in [1.82, 2.24) is 30.0 Å². The number of benzene rings is 1. The Balaban J connectivity index is 1.29. The summed E-state index contributed by atoms with van der Waals surface area (Å²) in [4.78, 5) is 27.2. The Labute approximate surface area is 204 Å². The Morgan fingerprint density at radius 1 is 1.06 bits per heavy atom. The number of aryl methyl sites for hydroxylation is 3. The summed E-state index contributed by atoms with van der Waals surface area (Å²) in [5.74, 6) is 0.739. The lowest BCUT2D eigenvalue weighted by Crippen LogP contribution is -2.27. The van der Waals surface area contributed by atoms with Crippen molar-refractivity contribution in [1.29, 1.82) is 0 Å². The van der Waals surface area contributed by atoms with Crippen molar-refractivity contribution >= 4 is 5.91 Å². The van der Waals surface area contributed by atoms with Gasteiger partial charge in [-0.05, 0) is 61.8 Å². The monoisotopic (exact) mass is 464 g/mol. The molecule has 3 aromatic heterocycles. The predicted molar refractivity (Wildman–Crippen MR) is 134 cm³/mol. The van der Waals surface area contributed by atoms with Crippen LogP contribution in [0.2, 0.25) is 0 Å². The molecule has 0 atom stereocenters. The third-order valence-electron chi connectivity index (χ3n) is 6.99. The summed E-state index contributed by atoms with van der Waals surface area (Å²) in [6.45, 7) is 2.57. The van der Waals surface area contributed by atoms with Crippen LogP contribution in [0.15, 0.2) is 55.0 Å². The van der Waals surface area contributed by atoms with Gasteiger partial charge < -0.3 is 5.32 Å². The highest BCUT2D eigenvalue weighted by Crippen LogP contribution is 2.42. The van der Waals surface area contributed by atoms with Gasteiger partial charge in [0, 0.05) is 42.5 Å². The molecule has 176 valence electrons. The van der Waals surface area contributed by atoms with Gasteiger partial charge in [-0.2, -0.15) is 5.10 Å². The van der Waals surface area contributed by atoms with Gasteiger partial charge in [0.1, 0.15) is 0 Å². The number of aromatic nitrogens is 5. The van der Waals surface area contributed by atoms with Crippen molar-refractivity contribution in [2.45, 2.75) is 51.4 Å². The topological polar surface area (TPSA) is 85.6 Å². The molecule has 0 unspecified atom stereocenters. The van der Waals surface area contributed by atoms with Crippen LogP contribution >= 0.6 is 0 Å². The van der Waals surface area contributed by atoms with Crippen molar-refractivity contribution in [3.63, 3.8) is 0 Å². The molecule has 35 heavy (non-hydrogen) atoms. The number of hydrogen-bond acceptors (Lipinski definition) is 5. The summed E-state index contributed by atoms with van der Waals surface area (Å²) in [5.41, 5.74) is 8.31. The number of nitrogens with one attached hydrogen (secondary N) is 1. The van der Waals surface area contributed by atoms with Gasteiger partial charge in [0.2, 0.25) is 0 Å². The first kappa shape index (κ1) is 21.6. The quantitative estimate of drug-likeness (QED) is 0.458. The molecule has 1 N–H and O–H groups in total. The van der Waals surface area contributed by atoms with E-state index in [0.717, 1.165) is 54.7 Å². The zero-order chi connectivity index (χ0) is 23.8. The average Bonchev–Trinajstić information content (AvgIpc) is 3.66. The molecule has 1 saturated carbocycles. The maximum absolute atomic E-state index is 13.1. The lowest BCUT2D eigenvalue weighted by molar-refractivity contribution is 0.0953. The van der Waals surface area contributed by atoms with Gasteiger partial charge in [0.25, 0.3) is 11.9 Å². The Morgan fingerprint density at radius 3 is 2.77 bits per heavy atom. The molecule has 2 aliphatic carbocycles. The molecule has 0 aliphatic heterocycles. The standard InChI is InChI=1S/C28H28N6O/c1-18-6-5-14-29-24(18)13-15-30-27(35)23-17-32-34(26(23)20-11-12-20)28-31-16-21-9-4-8-19-7-2-3-10-22(19)25(21)33-28/h2-3,5-7,10,14,16-17,20H,4,8-9,11-13,15H2,1H3,(H,30,35). The number of amides is 1. The molecular weight excluding hydrogens is 436 g/mol. The van der Waals surface area contributed by atoms with Crippen LogP contribution in [0, 0.1) is 6.92 Å². The molecule has 0 spiro atoms. The second-order valence-electron chi connectivity index (χ2n) is 9.46. The van der Waals surface area contributed by atoms with Gasteiger partial charge >= 0.3 is 0 Å². The van der Waals surface area contributed by atoms with Crippen molar-refractivity contribution in [3.05, 3.63) is 88.6 Å². The molecule has 7 nitrogen and oxygen atoms in total. The van der Waals surface area contributed by atoms with E-state index in [1.807, 2.05) is 25.3 Å². The number of fused-ring (bicyclic) bond motifs is 3. The summed E-state index contributed by atoms with van der Waals surface area (Å²) < 4.78 is 1.78. The van der Waals surface area contributed by atoms with Gasteiger partial charge in [-0.15, -0.1) is 0 Å². The van der Waals surface area contributed by atoms with E-state index in [1.165, 1.54) is 16.7 Å². The van der Waals surface area contributed by atoms with Crippen LogP contribution in [0.25, 0.3) is 17.2 Å². The van der Waals surface area contributed by atoms with Crippen LogP contribution in [0.5, 0.6) is 0 Å². The van der Waals surface area contributed by atoms with Crippen molar-refractivity contribution in [2.75, 3.05) is 6.54 Å². The second-order valence-corrected chi connectivity index (χ2v) is 9.46. The second kappa shape index (κ2) is 9.06. The fourth-order valence-electron chi connectivity index (χ4n) is 4.97. The fraction of sp³-hybridized carbons (Fsp3) is 0.321. The first-order valence-corrected chi connectivity index (χ1v) is 12.4. The zero-order valence-electron chi connectivity index (χ0n) is 19.9. The maximum Gasteiger partial charge on any atom is 0.254 e. The smallest absolute Gasteiger partial charge is 0.254 e. The normalized spacial score (nSPS) is 14.7. The summed E-state index contributed by atoms with van der Waals surface area (Å²) in [6, 6.07) is 12.4. The van der Waals surface area contributed by atoms with Crippen LogP contribution in [-0.4, -0.2) is 37.2 Å². The third kappa shape index (κ3) is 4.22. The molecule has 6 rings (SSSR count).